The first-order valence-corrected chi connectivity index (χ1v) is 5.66. The minimum Gasteiger partial charge on any atom is -0.330 e. The van der Waals surface area contributed by atoms with Gasteiger partial charge in [0.25, 0.3) is 5.91 Å². The zero-order valence-corrected chi connectivity index (χ0v) is 10.4. The lowest BCUT2D eigenvalue weighted by Gasteiger charge is -2.41. The molecule has 6 nitrogen and oxygen atoms in total. The number of hydrogen-bond acceptors (Lipinski definition) is 4. The van der Waals surface area contributed by atoms with E-state index in [-0.39, 0.29) is 18.4 Å². The number of piperazine rings is 1. The highest BCUT2D eigenvalue weighted by Crippen LogP contribution is 2.21. The molecule has 3 N–H and O–H groups in total. The van der Waals surface area contributed by atoms with Crippen molar-refractivity contribution >= 4 is 17.7 Å². The molecule has 6 heteroatoms. The Morgan fingerprint density at radius 3 is 2.65 bits per heavy atom. The van der Waals surface area contributed by atoms with Crippen LogP contribution < -0.4 is 11.1 Å². The van der Waals surface area contributed by atoms with Gasteiger partial charge in [-0.15, -0.1) is 0 Å². The number of carbonyl (C=O) groups is 3. The second-order valence-corrected chi connectivity index (χ2v) is 4.84. The molecule has 1 aliphatic rings. The molecule has 0 saturated carbocycles. The summed E-state index contributed by atoms with van der Waals surface area (Å²) in [6.07, 6.45) is 0.543. The average Bonchev–Trinajstić information content (AvgIpc) is 2.23. The third kappa shape index (κ3) is 2.63. The van der Waals surface area contributed by atoms with Crippen LogP contribution in [-0.4, -0.2) is 41.2 Å². The van der Waals surface area contributed by atoms with Crippen LogP contribution in [0, 0.1) is 5.92 Å². The summed E-state index contributed by atoms with van der Waals surface area (Å²) < 4.78 is 0. The Labute approximate surface area is 101 Å². The highest BCUT2D eigenvalue weighted by atomic mass is 16.2. The Kier molecular flexibility index (Phi) is 3.87. The topological polar surface area (TPSA) is 92.5 Å². The first-order valence-electron chi connectivity index (χ1n) is 5.66. The van der Waals surface area contributed by atoms with E-state index in [1.54, 1.807) is 20.8 Å². The van der Waals surface area contributed by atoms with Gasteiger partial charge in [-0.25, -0.2) is 0 Å². The normalized spacial score (nSPS) is 21.1. The molecule has 1 aliphatic heterocycles. The number of hydrogen-bond donors (Lipinski definition) is 2. The smallest absolute Gasteiger partial charge is 0.252 e. The molecule has 0 spiro atoms. The molecule has 0 aromatic heterocycles. The van der Waals surface area contributed by atoms with Gasteiger partial charge < -0.3 is 10.6 Å². The van der Waals surface area contributed by atoms with E-state index in [1.807, 2.05) is 0 Å². The van der Waals surface area contributed by atoms with Gasteiger partial charge in [-0.05, 0) is 26.8 Å². The fourth-order valence-electron chi connectivity index (χ4n) is 1.78. The van der Waals surface area contributed by atoms with Gasteiger partial charge in [-0.3, -0.25) is 19.7 Å². The summed E-state index contributed by atoms with van der Waals surface area (Å²) in [5.41, 5.74) is 4.41. The summed E-state index contributed by atoms with van der Waals surface area (Å²) in [6.45, 7) is 5.33. The lowest BCUT2D eigenvalue weighted by Crippen LogP contribution is -2.66. The second-order valence-electron chi connectivity index (χ2n) is 4.84. The van der Waals surface area contributed by atoms with Crippen molar-refractivity contribution in [3.63, 3.8) is 0 Å². The maximum Gasteiger partial charge on any atom is 0.252 e. The van der Waals surface area contributed by atoms with Crippen molar-refractivity contribution in [3.05, 3.63) is 0 Å². The van der Waals surface area contributed by atoms with Gasteiger partial charge in [0, 0.05) is 5.92 Å². The number of nitrogens with one attached hydrogen (secondary N) is 1. The molecule has 1 heterocycles. The predicted molar refractivity (Wildman–Crippen MR) is 61.8 cm³/mol. The van der Waals surface area contributed by atoms with Gasteiger partial charge >= 0.3 is 0 Å². The number of rotatable bonds is 3. The fourth-order valence-corrected chi connectivity index (χ4v) is 1.78. The van der Waals surface area contributed by atoms with E-state index in [4.69, 9.17) is 5.73 Å². The first kappa shape index (κ1) is 13.6. The first-order chi connectivity index (χ1) is 7.80. The van der Waals surface area contributed by atoms with Crippen molar-refractivity contribution < 1.29 is 14.4 Å². The van der Waals surface area contributed by atoms with Crippen molar-refractivity contribution in [2.75, 3.05) is 13.1 Å². The molecule has 3 amide bonds. The monoisotopic (exact) mass is 241 g/mol. The van der Waals surface area contributed by atoms with Crippen molar-refractivity contribution in [2.45, 2.75) is 32.7 Å². The third-order valence-electron chi connectivity index (χ3n) is 3.07. The molecule has 0 aromatic carbocycles. The van der Waals surface area contributed by atoms with Gasteiger partial charge in [0.05, 0.1) is 0 Å². The van der Waals surface area contributed by atoms with Crippen LogP contribution in [0.1, 0.15) is 27.2 Å². The summed E-state index contributed by atoms with van der Waals surface area (Å²) in [7, 11) is 0. The molecule has 1 saturated heterocycles. The predicted octanol–water partition coefficient (Wildman–Crippen LogP) is -0.765. The minimum absolute atomic E-state index is 0.0769. The molecule has 96 valence electrons. The highest BCUT2D eigenvalue weighted by Gasteiger charge is 2.44. The number of nitrogens with two attached hydrogens (primary N) is 1. The molecule has 0 aromatic rings. The number of carbonyl (C=O) groups excluding carboxylic acids is 3. The summed E-state index contributed by atoms with van der Waals surface area (Å²) in [4.78, 5) is 36.4. The summed E-state index contributed by atoms with van der Waals surface area (Å²) in [6, 6.07) is 0. The molecular weight excluding hydrogens is 222 g/mol. The molecular formula is C11H19N3O3. The van der Waals surface area contributed by atoms with E-state index < -0.39 is 17.4 Å². The Hall–Kier alpha value is -1.43. The summed E-state index contributed by atoms with van der Waals surface area (Å²) in [5.74, 6) is -1.37. The van der Waals surface area contributed by atoms with E-state index in [1.165, 1.54) is 4.90 Å². The van der Waals surface area contributed by atoms with E-state index >= 15 is 0 Å². The largest absolute Gasteiger partial charge is 0.330 e. The lowest BCUT2D eigenvalue weighted by molar-refractivity contribution is -0.157. The maximum atomic E-state index is 12.1. The summed E-state index contributed by atoms with van der Waals surface area (Å²) in [5, 5.41) is 2.23. The molecule has 0 bridgehead atoms. The van der Waals surface area contributed by atoms with Crippen molar-refractivity contribution in [1.29, 1.82) is 0 Å². The molecule has 17 heavy (non-hydrogen) atoms. The Morgan fingerprint density at radius 2 is 2.12 bits per heavy atom. The van der Waals surface area contributed by atoms with Gasteiger partial charge in [0.2, 0.25) is 11.8 Å². The number of imide groups is 1. The van der Waals surface area contributed by atoms with Crippen molar-refractivity contribution in [1.82, 2.24) is 10.2 Å². The third-order valence-corrected chi connectivity index (χ3v) is 3.07. The maximum absolute atomic E-state index is 12.1. The molecule has 0 radical (unpaired) electrons. The zero-order valence-electron chi connectivity index (χ0n) is 10.4. The average molecular weight is 241 g/mol. The van der Waals surface area contributed by atoms with E-state index in [2.05, 4.69) is 5.32 Å². The number of nitrogens with zero attached hydrogens (tertiary/aromatic N) is 1. The van der Waals surface area contributed by atoms with E-state index in [0.717, 1.165) is 0 Å². The highest BCUT2D eigenvalue weighted by molar-refractivity contribution is 6.06. The second kappa shape index (κ2) is 4.83. The van der Waals surface area contributed by atoms with Gasteiger partial charge in [0.1, 0.15) is 12.1 Å². The quantitative estimate of drug-likeness (QED) is 0.635. The van der Waals surface area contributed by atoms with Crippen LogP contribution in [0.15, 0.2) is 0 Å². The van der Waals surface area contributed by atoms with Crippen LogP contribution in [0.2, 0.25) is 0 Å². The van der Waals surface area contributed by atoms with Crippen LogP contribution in [0.4, 0.5) is 0 Å². The van der Waals surface area contributed by atoms with Crippen LogP contribution >= 0.6 is 0 Å². The zero-order chi connectivity index (χ0) is 13.2. The van der Waals surface area contributed by atoms with Crippen LogP contribution in [0.25, 0.3) is 0 Å². The van der Waals surface area contributed by atoms with Crippen molar-refractivity contribution in [3.8, 4) is 0 Å². The molecule has 1 unspecified atom stereocenters. The standard InChI is InChI=1S/C11H19N3O3/c1-7(4-5-12)9(16)14-6-8(15)13-10(17)11(14,2)3/h7H,4-6,12H2,1-3H3,(H,13,15,17). The number of amides is 3. The molecule has 1 rings (SSSR count). The lowest BCUT2D eigenvalue weighted by atomic mass is 9.95. The fraction of sp³-hybridized carbons (Fsp3) is 0.727. The Bertz CT molecular complexity index is 352. The van der Waals surface area contributed by atoms with E-state index in [0.29, 0.717) is 13.0 Å². The van der Waals surface area contributed by atoms with Crippen LogP contribution in [0.5, 0.6) is 0 Å². The molecule has 1 atom stereocenters. The molecule has 0 aliphatic carbocycles. The van der Waals surface area contributed by atoms with Crippen LogP contribution in [0.3, 0.4) is 0 Å². The van der Waals surface area contributed by atoms with Gasteiger partial charge in [0.15, 0.2) is 0 Å². The SMILES string of the molecule is CC(CCN)C(=O)N1CC(=O)NC(=O)C1(C)C. The molecule has 1 fully saturated rings. The van der Waals surface area contributed by atoms with E-state index in [9.17, 15) is 14.4 Å². The van der Waals surface area contributed by atoms with Crippen molar-refractivity contribution in [2.24, 2.45) is 11.7 Å². The Balaban J connectivity index is 2.90. The van der Waals surface area contributed by atoms with Gasteiger partial charge in [-0.1, -0.05) is 6.92 Å². The van der Waals surface area contributed by atoms with Gasteiger partial charge in [-0.2, -0.15) is 0 Å². The Morgan fingerprint density at radius 1 is 1.53 bits per heavy atom. The van der Waals surface area contributed by atoms with Crippen LogP contribution in [-0.2, 0) is 14.4 Å². The minimum atomic E-state index is -0.992. The summed E-state index contributed by atoms with van der Waals surface area (Å²) >= 11 is 0.